The number of amides is 2. The smallest absolute Gasteiger partial charge is 0.323 e. The predicted octanol–water partition coefficient (Wildman–Crippen LogP) is 5.34. The molecule has 126 valence electrons. The molecular formula is C17H16Cl2N2O3. The molecular weight excluding hydrogens is 351 g/mol. The monoisotopic (exact) mass is 366 g/mol. The van der Waals surface area contributed by atoms with Crippen LogP contribution in [0.1, 0.15) is 19.8 Å². The number of urea groups is 1. The first-order chi connectivity index (χ1) is 11.5. The average molecular weight is 367 g/mol. The molecule has 2 N–H and O–H groups in total. The fourth-order valence-electron chi connectivity index (χ4n) is 1.89. The highest BCUT2D eigenvalue weighted by Crippen LogP contribution is 2.29. The molecule has 0 saturated heterocycles. The van der Waals surface area contributed by atoms with Gasteiger partial charge in [-0.05, 0) is 42.8 Å². The lowest BCUT2D eigenvalue weighted by Crippen LogP contribution is -2.19. The van der Waals surface area contributed by atoms with Crippen LogP contribution in [0, 0.1) is 0 Å². The van der Waals surface area contributed by atoms with E-state index in [4.69, 9.17) is 27.9 Å². The van der Waals surface area contributed by atoms with Gasteiger partial charge in [0.1, 0.15) is 5.75 Å². The van der Waals surface area contributed by atoms with Crippen molar-refractivity contribution < 1.29 is 14.3 Å². The van der Waals surface area contributed by atoms with Crippen molar-refractivity contribution in [3.63, 3.8) is 0 Å². The Hall–Kier alpha value is -2.24. The van der Waals surface area contributed by atoms with Gasteiger partial charge in [-0.25, -0.2) is 4.79 Å². The van der Waals surface area contributed by atoms with Gasteiger partial charge in [0, 0.05) is 12.1 Å². The zero-order valence-corrected chi connectivity index (χ0v) is 14.4. The Morgan fingerprint density at radius 3 is 2.21 bits per heavy atom. The van der Waals surface area contributed by atoms with E-state index in [0.717, 1.165) is 6.42 Å². The van der Waals surface area contributed by atoms with Gasteiger partial charge in [-0.3, -0.25) is 4.79 Å². The molecule has 0 unspecified atom stereocenters. The third-order valence-corrected chi connectivity index (χ3v) is 3.63. The molecule has 0 saturated carbocycles. The Kier molecular flexibility index (Phi) is 6.46. The van der Waals surface area contributed by atoms with Crippen molar-refractivity contribution in [3.05, 3.63) is 52.5 Å². The minimum absolute atomic E-state index is 0.288. The lowest BCUT2D eigenvalue weighted by atomic mass is 10.3. The summed E-state index contributed by atoms with van der Waals surface area (Å²) in [5.41, 5.74) is 0.870. The number of carbonyl (C=O) groups excluding carboxylic acids is 2. The average Bonchev–Trinajstić information content (AvgIpc) is 2.53. The Balaban J connectivity index is 1.96. The van der Waals surface area contributed by atoms with E-state index in [1.165, 1.54) is 0 Å². The maximum Gasteiger partial charge on any atom is 0.323 e. The van der Waals surface area contributed by atoms with E-state index in [1.54, 1.807) is 42.5 Å². The largest absolute Gasteiger partial charge is 0.427 e. The number of ether oxygens (including phenoxy) is 1. The van der Waals surface area contributed by atoms with Crippen molar-refractivity contribution in [2.24, 2.45) is 0 Å². The molecule has 5 nitrogen and oxygen atoms in total. The highest BCUT2D eigenvalue weighted by molar-refractivity contribution is 6.39. The van der Waals surface area contributed by atoms with Crippen LogP contribution in [0.2, 0.25) is 10.0 Å². The van der Waals surface area contributed by atoms with Gasteiger partial charge in [-0.2, -0.15) is 0 Å². The number of nitrogens with one attached hydrogen (secondary N) is 2. The van der Waals surface area contributed by atoms with Gasteiger partial charge < -0.3 is 15.4 Å². The third-order valence-electron chi connectivity index (χ3n) is 3.00. The van der Waals surface area contributed by atoms with E-state index < -0.39 is 6.03 Å². The number of carbonyl (C=O) groups is 2. The van der Waals surface area contributed by atoms with Crippen molar-refractivity contribution in [1.82, 2.24) is 0 Å². The molecule has 0 radical (unpaired) electrons. The van der Waals surface area contributed by atoms with Crippen LogP contribution in [-0.4, -0.2) is 12.0 Å². The Bertz CT molecular complexity index is 713. The van der Waals surface area contributed by atoms with E-state index in [9.17, 15) is 9.59 Å². The van der Waals surface area contributed by atoms with Gasteiger partial charge in [0.05, 0.1) is 15.7 Å². The second-order valence-electron chi connectivity index (χ2n) is 4.92. The Morgan fingerprint density at radius 2 is 1.62 bits per heavy atom. The first-order valence-electron chi connectivity index (χ1n) is 7.32. The summed E-state index contributed by atoms with van der Waals surface area (Å²) in [6, 6.07) is 10.9. The molecule has 0 heterocycles. The van der Waals surface area contributed by atoms with E-state index >= 15 is 0 Å². The molecule has 7 heteroatoms. The summed E-state index contributed by atoms with van der Waals surface area (Å²) < 4.78 is 5.14. The van der Waals surface area contributed by atoms with Crippen LogP contribution < -0.4 is 15.4 Å². The summed E-state index contributed by atoms with van der Waals surface area (Å²) in [5.74, 6) is 0.137. The summed E-state index contributed by atoms with van der Waals surface area (Å²) in [7, 11) is 0. The third kappa shape index (κ3) is 5.15. The number of hydrogen-bond donors (Lipinski definition) is 2. The van der Waals surface area contributed by atoms with E-state index in [1.807, 2.05) is 6.92 Å². The van der Waals surface area contributed by atoms with E-state index in [2.05, 4.69) is 10.6 Å². The molecule has 0 bridgehead atoms. The first-order valence-corrected chi connectivity index (χ1v) is 8.08. The van der Waals surface area contributed by atoms with Crippen molar-refractivity contribution in [3.8, 4) is 5.75 Å². The van der Waals surface area contributed by atoms with Crippen molar-refractivity contribution >= 4 is 46.6 Å². The molecule has 0 aliphatic rings. The van der Waals surface area contributed by atoms with Gasteiger partial charge >= 0.3 is 12.0 Å². The van der Waals surface area contributed by atoms with Gasteiger partial charge in [0.15, 0.2) is 0 Å². The summed E-state index contributed by atoms with van der Waals surface area (Å²) in [5, 5.41) is 5.92. The van der Waals surface area contributed by atoms with Crippen LogP contribution in [0.15, 0.2) is 42.5 Å². The molecule has 0 atom stereocenters. The van der Waals surface area contributed by atoms with Crippen LogP contribution in [-0.2, 0) is 4.79 Å². The van der Waals surface area contributed by atoms with Crippen molar-refractivity contribution in [2.75, 3.05) is 10.6 Å². The SMILES string of the molecule is CCCC(=O)Oc1ccc(NC(=O)Nc2c(Cl)cccc2Cl)cc1. The van der Waals surface area contributed by atoms with Crippen molar-refractivity contribution in [2.45, 2.75) is 19.8 Å². The second kappa shape index (κ2) is 8.57. The summed E-state index contributed by atoms with van der Waals surface area (Å²) in [6.07, 6.45) is 1.09. The maximum atomic E-state index is 12.0. The standard InChI is InChI=1S/C17H16Cl2N2O3/c1-2-4-15(22)24-12-9-7-11(8-10-12)20-17(23)21-16-13(18)5-3-6-14(16)19/h3,5-10H,2,4H2,1H3,(H2,20,21,23). The van der Waals surface area contributed by atoms with Crippen LogP contribution in [0.25, 0.3) is 0 Å². The quantitative estimate of drug-likeness (QED) is 0.554. The number of esters is 1. The highest BCUT2D eigenvalue weighted by atomic mass is 35.5. The Labute approximate surface area is 149 Å². The number of benzene rings is 2. The second-order valence-corrected chi connectivity index (χ2v) is 5.74. The van der Waals surface area contributed by atoms with Gasteiger partial charge in [-0.15, -0.1) is 0 Å². The minimum Gasteiger partial charge on any atom is -0.427 e. The van der Waals surface area contributed by atoms with Crippen LogP contribution in [0.3, 0.4) is 0 Å². The maximum absolute atomic E-state index is 12.0. The van der Waals surface area contributed by atoms with Crippen LogP contribution in [0.4, 0.5) is 16.2 Å². The molecule has 24 heavy (non-hydrogen) atoms. The zero-order valence-electron chi connectivity index (χ0n) is 12.9. The fourth-order valence-corrected chi connectivity index (χ4v) is 2.38. The molecule has 2 rings (SSSR count). The number of rotatable bonds is 5. The van der Waals surface area contributed by atoms with Crippen LogP contribution >= 0.6 is 23.2 Å². The number of para-hydroxylation sites is 1. The molecule has 2 amide bonds. The van der Waals surface area contributed by atoms with Crippen molar-refractivity contribution in [1.29, 1.82) is 0 Å². The van der Waals surface area contributed by atoms with E-state index in [-0.39, 0.29) is 5.97 Å². The van der Waals surface area contributed by atoms with Gasteiger partial charge in [0.25, 0.3) is 0 Å². The molecule has 0 aromatic heterocycles. The normalized spacial score (nSPS) is 10.1. The predicted molar refractivity (Wildman–Crippen MR) is 96.1 cm³/mol. The molecule has 0 spiro atoms. The summed E-state index contributed by atoms with van der Waals surface area (Å²) in [4.78, 5) is 23.4. The molecule has 0 aliphatic heterocycles. The summed E-state index contributed by atoms with van der Waals surface area (Å²) >= 11 is 12.0. The highest BCUT2D eigenvalue weighted by Gasteiger charge is 2.10. The molecule has 0 aliphatic carbocycles. The topological polar surface area (TPSA) is 67.4 Å². The molecule has 2 aromatic rings. The minimum atomic E-state index is -0.485. The fraction of sp³-hybridized carbons (Fsp3) is 0.176. The molecule has 2 aromatic carbocycles. The number of halogens is 2. The molecule has 0 fully saturated rings. The number of hydrogen-bond acceptors (Lipinski definition) is 3. The van der Waals surface area contributed by atoms with E-state index in [0.29, 0.717) is 33.6 Å². The van der Waals surface area contributed by atoms with Gasteiger partial charge in [-0.1, -0.05) is 36.2 Å². The first kappa shape index (κ1) is 18.1. The lowest BCUT2D eigenvalue weighted by molar-refractivity contribution is -0.134. The van der Waals surface area contributed by atoms with Crippen LogP contribution in [0.5, 0.6) is 5.75 Å². The van der Waals surface area contributed by atoms with Gasteiger partial charge in [0.2, 0.25) is 0 Å². The lowest BCUT2D eigenvalue weighted by Gasteiger charge is -2.11. The zero-order chi connectivity index (χ0) is 17.5. The number of anilines is 2. The summed E-state index contributed by atoms with van der Waals surface area (Å²) in [6.45, 7) is 1.90. The Morgan fingerprint density at radius 1 is 1.00 bits per heavy atom.